The molecule has 0 spiro atoms. The van der Waals surface area contributed by atoms with Crippen LogP contribution >= 0.6 is 0 Å². The van der Waals surface area contributed by atoms with Gasteiger partial charge in [0, 0.05) is 25.6 Å². The Bertz CT molecular complexity index is 1070. The molecule has 146 valence electrons. The average molecular weight is 382 g/mol. The summed E-state index contributed by atoms with van der Waals surface area (Å²) in [6.07, 6.45) is 0.558. The number of methoxy groups -OCH3 is 1. The number of hydrogen-bond donors (Lipinski definition) is 1. The number of H-pyrrole nitrogens is 1. The third-order valence-electron chi connectivity index (χ3n) is 4.94. The van der Waals surface area contributed by atoms with Gasteiger partial charge in [-0.15, -0.1) is 0 Å². The van der Waals surface area contributed by atoms with Gasteiger partial charge in [0.05, 0.1) is 30.6 Å². The summed E-state index contributed by atoms with van der Waals surface area (Å²) in [6.45, 7) is 3.16. The summed E-state index contributed by atoms with van der Waals surface area (Å²) >= 11 is 0. The number of benzene rings is 1. The van der Waals surface area contributed by atoms with Gasteiger partial charge in [-0.1, -0.05) is 0 Å². The first-order chi connectivity index (χ1) is 13.6. The molecule has 3 aromatic rings. The van der Waals surface area contributed by atoms with Crippen molar-refractivity contribution in [3.8, 4) is 17.0 Å². The highest BCUT2D eigenvalue weighted by Gasteiger charge is 2.25. The van der Waals surface area contributed by atoms with Crippen molar-refractivity contribution in [2.24, 2.45) is 0 Å². The molecule has 1 aliphatic heterocycles. The Morgan fingerprint density at radius 1 is 1.29 bits per heavy atom. The molecule has 0 radical (unpaired) electrons. The number of carbonyl (C=O) groups is 1. The minimum Gasteiger partial charge on any atom is -0.497 e. The molecule has 0 saturated carbocycles. The first-order valence-electron chi connectivity index (χ1n) is 9.24. The standard InChI is InChI=1S/C20H22N4O4/c1-3-28-12-19(25)23-9-8-16-15(11-23)20(26)24-18(21-16)10-17(22-24)13-4-6-14(27-2)7-5-13/h4-7,10,22H,3,8-9,11-12H2,1-2H3. The van der Waals surface area contributed by atoms with Crippen molar-refractivity contribution in [2.75, 3.05) is 26.9 Å². The molecule has 3 heterocycles. The fourth-order valence-corrected chi connectivity index (χ4v) is 3.39. The molecule has 0 aliphatic carbocycles. The lowest BCUT2D eigenvalue weighted by Crippen LogP contribution is -2.41. The van der Waals surface area contributed by atoms with E-state index in [2.05, 4.69) is 10.1 Å². The number of nitrogens with one attached hydrogen (secondary N) is 1. The molecular formula is C20H22N4O4. The van der Waals surface area contributed by atoms with Gasteiger partial charge in [-0.3, -0.25) is 14.7 Å². The summed E-state index contributed by atoms with van der Waals surface area (Å²) in [5.41, 5.74) is 3.43. The molecule has 0 unspecified atom stereocenters. The van der Waals surface area contributed by atoms with Gasteiger partial charge in [0.15, 0.2) is 5.65 Å². The van der Waals surface area contributed by atoms with E-state index in [1.165, 1.54) is 4.52 Å². The highest BCUT2D eigenvalue weighted by atomic mass is 16.5. The van der Waals surface area contributed by atoms with E-state index < -0.39 is 0 Å². The highest BCUT2D eigenvalue weighted by Crippen LogP contribution is 2.23. The molecule has 28 heavy (non-hydrogen) atoms. The van der Waals surface area contributed by atoms with Gasteiger partial charge in [0.25, 0.3) is 5.56 Å². The summed E-state index contributed by atoms with van der Waals surface area (Å²) in [6, 6.07) is 9.43. The van der Waals surface area contributed by atoms with Gasteiger partial charge in [0.1, 0.15) is 12.4 Å². The van der Waals surface area contributed by atoms with Crippen LogP contribution in [-0.2, 0) is 22.5 Å². The van der Waals surface area contributed by atoms with E-state index >= 15 is 0 Å². The van der Waals surface area contributed by atoms with Crippen LogP contribution in [0.3, 0.4) is 0 Å². The van der Waals surface area contributed by atoms with E-state index in [1.807, 2.05) is 37.3 Å². The van der Waals surface area contributed by atoms with Crippen LogP contribution < -0.4 is 10.3 Å². The number of aromatic nitrogens is 3. The predicted molar refractivity (Wildman–Crippen MR) is 103 cm³/mol. The second-order valence-electron chi connectivity index (χ2n) is 6.64. The fourth-order valence-electron chi connectivity index (χ4n) is 3.39. The maximum absolute atomic E-state index is 13.0. The zero-order valence-corrected chi connectivity index (χ0v) is 15.9. The third kappa shape index (κ3) is 3.27. The van der Waals surface area contributed by atoms with E-state index in [0.29, 0.717) is 30.8 Å². The molecular weight excluding hydrogens is 360 g/mol. The second-order valence-corrected chi connectivity index (χ2v) is 6.64. The van der Waals surface area contributed by atoms with Crippen LogP contribution in [0.25, 0.3) is 16.9 Å². The number of carbonyl (C=O) groups excluding carboxylic acids is 1. The van der Waals surface area contributed by atoms with Crippen LogP contribution in [0.1, 0.15) is 18.2 Å². The maximum atomic E-state index is 13.0. The number of fused-ring (bicyclic) bond motifs is 2. The highest BCUT2D eigenvalue weighted by molar-refractivity contribution is 5.77. The zero-order valence-electron chi connectivity index (χ0n) is 15.9. The van der Waals surface area contributed by atoms with Gasteiger partial charge in [0.2, 0.25) is 5.91 Å². The number of aromatic amines is 1. The minimum absolute atomic E-state index is 0.0347. The molecule has 2 aromatic heterocycles. The molecule has 1 N–H and O–H groups in total. The summed E-state index contributed by atoms with van der Waals surface area (Å²) in [5, 5.41) is 3.12. The SMILES string of the molecule is CCOCC(=O)N1CCc2nc3cc(-c4ccc(OC)cc4)[nH]n3c(=O)c2C1. The van der Waals surface area contributed by atoms with Gasteiger partial charge >= 0.3 is 0 Å². The smallest absolute Gasteiger partial charge is 0.277 e. The quantitative estimate of drug-likeness (QED) is 0.724. The van der Waals surface area contributed by atoms with Crippen molar-refractivity contribution >= 4 is 11.6 Å². The normalized spacial score (nSPS) is 13.6. The topological polar surface area (TPSA) is 88.9 Å². The summed E-state index contributed by atoms with van der Waals surface area (Å²) in [5.74, 6) is 0.657. The predicted octanol–water partition coefficient (Wildman–Crippen LogP) is 1.62. The van der Waals surface area contributed by atoms with Crippen LogP contribution in [0.5, 0.6) is 5.75 Å². The molecule has 1 aliphatic rings. The number of rotatable bonds is 5. The van der Waals surface area contributed by atoms with Crippen molar-refractivity contribution in [2.45, 2.75) is 19.9 Å². The largest absolute Gasteiger partial charge is 0.497 e. The Labute approximate surface area is 161 Å². The van der Waals surface area contributed by atoms with Gasteiger partial charge < -0.3 is 14.4 Å². The first-order valence-corrected chi connectivity index (χ1v) is 9.24. The average Bonchev–Trinajstić information content (AvgIpc) is 3.16. The molecule has 1 aromatic carbocycles. The summed E-state index contributed by atoms with van der Waals surface area (Å²) in [4.78, 5) is 31.5. The van der Waals surface area contributed by atoms with Gasteiger partial charge in [-0.25, -0.2) is 9.50 Å². The number of hydrogen-bond acceptors (Lipinski definition) is 5. The number of amides is 1. The molecule has 8 nitrogen and oxygen atoms in total. The maximum Gasteiger partial charge on any atom is 0.277 e. The first kappa shape index (κ1) is 18.2. The molecule has 1 amide bonds. The number of nitrogens with zero attached hydrogens (tertiary/aromatic N) is 3. The molecule has 0 atom stereocenters. The third-order valence-corrected chi connectivity index (χ3v) is 4.94. The van der Waals surface area contributed by atoms with Gasteiger partial charge in [-0.2, -0.15) is 0 Å². The molecule has 8 heteroatoms. The Morgan fingerprint density at radius 2 is 2.07 bits per heavy atom. The van der Waals surface area contributed by atoms with Crippen molar-refractivity contribution in [1.29, 1.82) is 0 Å². The summed E-state index contributed by atoms with van der Waals surface area (Å²) < 4.78 is 11.8. The van der Waals surface area contributed by atoms with Crippen LogP contribution in [0.15, 0.2) is 35.1 Å². The van der Waals surface area contributed by atoms with Gasteiger partial charge in [-0.05, 0) is 36.8 Å². The van der Waals surface area contributed by atoms with E-state index in [1.54, 1.807) is 12.0 Å². The second kappa shape index (κ2) is 7.47. The Balaban J connectivity index is 1.67. The summed E-state index contributed by atoms with van der Waals surface area (Å²) in [7, 11) is 1.62. The molecule has 0 bridgehead atoms. The van der Waals surface area contributed by atoms with Crippen molar-refractivity contribution in [3.63, 3.8) is 0 Å². The zero-order chi connectivity index (χ0) is 19.7. The molecule has 0 fully saturated rings. The van der Waals surface area contributed by atoms with E-state index in [-0.39, 0.29) is 24.6 Å². The van der Waals surface area contributed by atoms with Crippen LogP contribution in [-0.4, -0.2) is 52.3 Å². The lowest BCUT2D eigenvalue weighted by molar-refractivity contribution is -0.136. The van der Waals surface area contributed by atoms with Crippen LogP contribution in [0.4, 0.5) is 0 Å². The fraction of sp³-hybridized carbons (Fsp3) is 0.350. The van der Waals surface area contributed by atoms with Crippen LogP contribution in [0.2, 0.25) is 0 Å². The molecule has 4 rings (SSSR count). The van der Waals surface area contributed by atoms with Crippen molar-refractivity contribution in [1.82, 2.24) is 19.5 Å². The van der Waals surface area contributed by atoms with Crippen molar-refractivity contribution in [3.05, 3.63) is 51.9 Å². The monoisotopic (exact) mass is 382 g/mol. The Kier molecular flexibility index (Phi) is 4.87. The minimum atomic E-state index is -0.173. The van der Waals surface area contributed by atoms with Crippen molar-refractivity contribution < 1.29 is 14.3 Å². The Morgan fingerprint density at radius 3 is 2.79 bits per heavy atom. The van der Waals surface area contributed by atoms with E-state index in [0.717, 1.165) is 22.7 Å². The van der Waals surface area contributed by atoms with Crippen LogP contribution in [0, 0.1) is 0 Å². The number of ether oxygens (including phenoxy) is 2. The lowest BCUT2D eigenvalue weighted by Gasteiger charge is -2.27. The Hall–Kier alpha value is -3.13. The van der Waals surface area contributed by atoms with E-state index in [4.69, 9.17) is 9.47 Å². The molecule has 0 saturated heterocycles. The van der Waals surface area contributed by atoms with E-state index in [9.17, 15) is 9.59 Å². The lowest BCUT2D eigenvalue weighted by atomic mass is 10.1.